The highest BCUT2D eigenvalue weighted by atomic mass is 28.2. The molecule has 14 heavy (non-hydrogen) atoms. The van der Waals surface area contributed by atoms with Crippen molar-refractivity contribution in [2.75, 3.05) is 19.8 Å². The Morgan fingerprint density at radius 3 is 2.79 bits per heavy atom. The van der Waals surface area contributed by atoms with Gasteiger partial charge in [-0.1, -0.05) is 6.92 Å². The van der Waals surface area contributed by atoms with E-state index in [-0.39, 0.29) is 5.41 Å². The van der Waals surface area contributed by atoms with Gasteiger partial charge in [0, 0.05) is 19.8 Å². The van der Waals surface area contributed by atoms with Crippen LogP contribution in [-0.2, 0) is 13.9 Å². The molecule has 0 N–H and O–H groups in total. The van der Waals surface area contributed by atoms with Gasteiger partial charge in [-0.3, -0.25) is 0 Å². The van der Waals surface area contributed by atoms with E-state index < -0.39 is 9.76 Å². The summed E-state index contributed by atoms with van der Waals surface area (Å²) in [5.74, 6) is 0. The Labute approximate surface area is 89.1 Å². The third kappa shape index (κ3) is 3.69. The monoisotopic (exact) mass is 218 g/mol. The zero-order chi connectivity index (χ0) is 10.3. The predicted molar refractivity (Wildman–Crippen MR) is 58.9 cm³/mol. The maximum absolute atomic E-state index is 5.77. The maximum Gasteiger partial charge on any atom is 0.227 e. The molecule has 1 fully saturated rings. The molecule has 1 unspecified atom stereocenters. The van der Waals surface area contributed by atoms with Crippen molar-refractivity contribution in [3.8, 4) is 0 Å². The van der Waals surface area contributed by atoms with E-state index in [1.165, 1.54) is 6.42 Å². The van der Waals surface area contributed by atoms with E-state index in [1.807, 2.05) is 6.92 Å². The predicted octanol–water partition coefficient (Wildman–Crippen LogP) is 1.39. The standard InChI is InChI=1S/C10H22O3Si/c1-3-8-13-14-10(11-4-2)7-5-6-9-12-10/h3-9,14H2,1-2H3. The fourth-order valence-electron chi connectivity index (χ4n) is 1.73. The molecule has 0 aromatic rings. The Hall–Kier alpha value is 0.0969. The van der Waals surface area contributed by atoms with Crippen LogP contribution in [0.1, 0.15) is 39.5 Å². The van der Waals surface area contributed by atoms with E-state index in [9.17, 15) is 0 Å². The molecule has 3 nitrogen and oxygen atoms in total. The van der Waals surface area contributed by atoms with Crippen molar-refractivity contribution < 1.29 is 13.9 Å². The van der Waals surface area contributed by atoms with Crippen LogP contribution >= 0.6 is 0 Å². The molecular formula is C10H22O3Si. The molecule has 1 aliphatic heterocycles. The maximum atomic E-state index is 5.77. The number of hydrogen-bond donors (Lipinski definition) is 0. The second-order valence-electron chi connectivity index (χ2n) is 3.70. The minimum absolute atomic E-state index is 0.303. The summed E-state index contributed by atoms with van der Waals surface area (Å²) >= 11 is 0. The van der Waals surface area contributed by atoms with Crippen molar-refractivity contribution in [1.82, 2.24) is 0 Å². The summed E-state index contributed by atoms with van der Waals surface area (Å²) < 4.78 is 17.2. The lowest BCUT2D eigenvalue weighted by molar-refractivity contribution is -0.204. The van der Waals surface area contributed by atoms with Crippen LogP contribution in [0.25, 0.3) is 0 Å². The van der Waals surface area contributed by atoms with Crippen LogP contribution in [0.4, 0.5) is 0 Å². The third-order valence-corrected chi connectivity index (χ3v) is 4.09. The lowest BCUT2D eigenvalue weighted by Gasteiger charge is -2.36. The molecule has 1 aliphatic rings. The summed E-state index contributed by atoms with van der Waals surface area (Å²) in [7, 11) is -0.708. The summed E-state index contributed by atoms with van der Waals surface area (Å²) in [6.45, 7) is 6.56. The van der Waals surface area contributed by atoms with Crippen LogP contribution in [0.2, 0.25) is 0 Å². The molecule has 0 amide bonds. The van der Waals surface area contributed by atoms with Crippen molar-refractivity contribution in [3.05, 3.63) is 0 Å². The van der Waals surface area contributed by atoms with Crippen LogP contribution in [0, 0.1) is 0 Å². The number of rotatable bonds is 6. The van der Waals surface area contributed by atoms with Crippen molar-refractivity contribution in [2.24, 2.45) is 0 Å². The van der Waals surface area contributed by atoms with Crippen molar-refractivity contribution >= 4 is 9.76 Å². The molecular weight excluding hydrogens is 196 g/mol. The zero-order valence-corrected chi connectivity index (χ0v) is 10.8. The topological polar surface area (TPSA) is 27.7 Å². The normalized spacial score (nSPS) is 28.7. The van der Waals surface area contributed by atoms with Gasteiger partial charge in [0.05, 0.1) is 0 Å². The van der Waals surface area contributed by atoms with Gasteiger partial charge in [-0.05, 0) is 32.6 Å². The first-order valence-corrected chi connectivity index (χ1v) is 6.97. The van der Waals surface area contributed by atoms with Crippen molar-refractivity contribution in [3.63, 3.8) is 0 Å². The van der Waals surface area contributed by atoms with Gasteiger partial charge in [0.2, 0.25) is 9.76 Å². The molecule has 0 aromatic carbocycles. The highest BCUT2D eigenvalue weighted by Crippen LogP contribution is 2.25. The molecule has 4 heteroatoms. The van der Waals surface area contributed by atoms with Crippen molar-refractivity contribution in [2.45, 2.75) is 44.9 Å². The molecule has 0 aromatic heterocycles. The Bertz CT molecular complexity index is 141. The first kappa shape index (κ1) is 12.2. The van der Waals surface area contributed by atoms with Crippen molar-refractivity contribution in [1.29, 1.82) is 0 Å². The number of hydrogen-bond acceptors (Lipinski definition) is 3. The Kier molecular flexibility index (Phi) is 5.70. The average molecular weight is 218 g/mol. The lowest BCUT2D eigenvalue weighted by Crippen LogP contribution is -2.46. The molecule has 1 atom stereocenters. The molecule has 0 radical (unpaired) electrons. The highest BCUT2D eigenvalue weighted by molar-refractivity contribution is 6.31. The van der Waals surface area contributed by atoms with Gasteiger partial charge in [0.15, 0.2) is 5.41 Å². The summed E-state index contributed by atoms with van der Waals surface area (Å²) in [6.07, 6.45) is 4.48. The first-order chi connectivity index (χ1) is 6.83. The van der Waals surface area contributed by atoms with Gasteiger partial charge in [-0.25, -0.2) is 0 Å². The van der Waals surface area contributed by atoms with E-state index in [4.69, 9.17) is 13.9 Å². The van der Waals surface area contributed by atoms with E-state index in [0.29, 0.717) is 0 Å². The Morgan fingerprint density at radius 1 is 1.36 bits per heavy atom. The summed E-state index contributed by atoms with van der Waals surface area (Å²) in [4.78, 5) is 0. The highest BCUT2D eigenvalue weighted by Gasteiger charge is 2.34. The largest absolute Gasteiger partial charge is 0.418 e. The van der Waals surface area contributed by atoms with Gasteiger partial charge in [-0.15, -0.1) is 0 Å². The molecule has 0 saturated carbocycles. The molecule has 1 heterocycles. The SMILES string of the molecule is CCCO[SiH2]C1(OCC)CCCCO1. The molecule has 0 bridgehead atoms. The second-order valence-corrected chi connectivity index (χ2v) is 5.48. The van der Waals surface area contributed by atoms with Gasteiger partial charge >= 0.3 is 0 Å². The van der Waals surface area contributed by atoms with E-state index in [0.717, 1.165) is 39.1 Å². The van der Waals surface area contributed by atoms with Crippen LogP contribution in [-0.4, -0.2) is 35.0 Å². The smallest absolute Gasteiger partial charge is 0.227 e. The summed E-state index contributed by atoms with van der Waals surface area (Å²) in [6, 6.07) is 0. The van der Waals surface area contributed by atoms with Crippen LogP contribution in [0.15, 0.2) is 0 Å². The fourth-order valence-corrected chi connectivity index (χ4v) is 3.38. The molecule has 0 spiro atoms. The Morgan fingerprint density at radius 2 is 2.21 bits per heavy atom. The van der Waals surface area contributed by atoms with E-state index in [2.05, 4.69) is 6.92 Å². The minimum Gasteiger partial charge on any atom is -0.418 e. The summed E-state index contributed by atoms with van der Waals surface area (Å²) in [5, 5.41) is 0. The van der Waals surface area contributed by atoms with Crippen LogP contribution in [0.3, 0.4) is 0 Å². The molecule has 0 aliphatic carbocycles. The average Bonchev–Trinajstić information content (AvgIpc) is 2.20. The third-order valence-electron chi connectivity index (χ3n) is 2.39. The second kappa shape index (κ2) is 6.56. The summed E-state index contributed by atoms with van der Waals surface area (Å²) in [5.41, 5.74) is -0.303. The van der Waals surface area contributed by atoms with E-state index in [1.54, 1.807) is 0 Å². The lowest BCUT2D eigenvalue weighted by atomic mass is 10.2. The quantitative estimate of drug-likeness (QED) is 0.498. The molecule has 84 valence electrons. The van der Waals surface area contributed by atoms with Gasteiger partial charge in [-0.2, -0.15) is 0 Å². The van der Waals surface area contributed by atoms with Gasteiger partial charge < -0.3 is 13.9 Å². The molecule has 1 rings (SSSR count). The molecule has 1 saturated heterocycles. The fraction of sp³-hybridized carbons (Fsp3) is 1.00. The first-order valence-electron chi connectivity index (χ1n) is 5.68. The zero-order valence-electron chi connectivity index (χ0n) is 9.38. The minimum atomic E-state index is -0.708. The van der Waals surface area contributed by atoms with E-state index >= 15 is 0 Å². The van der Waals surface area contributed by atoms with Gasteiger partial charge in [0.1, 0.15) is 0 Å². The van der Waals surface area contributed by atoms with Gasteiger partial charge in [0.25, 0.3) is 0 Å². The Balaban J connectivity index is 2.34. The number of ether oxygens (including phenoxy) is 2. The van der Waals surface area contributed by atoms with Crippen LogP contribution < -0.4 is 0 Å². The van der Waals surface area contributed by atoms with Crippen LogP contribution in [0.5, 0.6) is 0 Å².